The number of hydrogen-bond acceptors (Lipinski definition) is 4. The second-order valence-electron chi connectivity index (χ2n) is 4.49. The summed E-state index contributed by atoms with van der Waals surface area (Å²) in [5.41, 5.74) is -12.9. The SMILES string of the molecule is C/C(SC(F)(F)F)=C(\OS(=O)(=O)C(F)(F)F)c1ccc(C(F)(F)F)cc1. The average Bonchev–Trinajstić information content (AvgIpc) is 2.41. The van der Waals surface area contributed by atoms with E-state index in [1.54, 1.807) is 0 Å². The molecule has 0 bridgehead atoms. The van der Waals surface area contributed by atoms with Crippen LogP contribution < -0.4 is 0 Å². The van der Waals surface area contributed by atoms with Crippen molar-refractivity contribution in [2.45, 2.75) is 24.1 Å². The molecule has 0 saturated carbocycles. The van der Waals surface area contributed by atoms with Gasteiger partial charge in [0.1, 0.15) is 0 Å². The molecule has 26 heavy (non-hydrogen) atoms. The number of alkyl halides is 9. The first-order chi connectivity index (χ1) is 11.4. The molecule has 0 spiro atoms. The minimum absolute atomic E-state index is 0.352. The van der Waals surface area contributed by atoms with E-state index in [2.05, 4.69) is 4.18 Å². The largest absolute Gasteiger partial charge is 0.534 e. The number of halogens is 9. The Balaban J connectivity index is 3.45. The maximum atomic E-state index is 12.5. The molecule has 0 heterocycles. The monoisotopic (exact) mass is 434 g/mol. The highest BCUT2D eigenvalue weighted by Crippen LogP contribution is 2.42. The molecule has 0 atom stereocenters. The zero-order valence-corrected chi connectivity index (χ0v) is 13.9. The van der Waals surface area contributed by atoms with Crippen molar-refractivity contribution < 1.29 is 52.1 Å². The minimum Gasteiger partial charge on any atom is -0.375 e. The van der Waals surface area contributed by atoms with Gasteiger partial charge < -0.3 is 4.18 Å². The van der Waals surface area contributed by atoms with Crippen molar-refractivity contribution in [2.75, 3.05) is 0 Å². The van der Waals surface area contributed by atoms with Crippen LogP contribution in [0.1, 0.15) is 18.1 Å². The van der Waals surface area contributed by atoms with Gasteiger partial charge in [0, 0.05) is 10.5 Å². The van der Waals surface area contributed by atoms with Gasteiger partial charge in [0.15, 0.2) is 5.76 Å². The fraction of sp³-hybridized carbons (Fsp3) is 0.333. The Morgan fingerprint density at radius 2 is 1.38 bits per heavy atom. The highest BCUT2D eigenvalue weighted by Gasteiger charge is 2.49. The van der Waals surface area contributed by atoms with Gasteiger partial charge in [-0.1, -0.05) is 12.1 Å². The average molecular weight is 434 g/mol. The van der Waals surface area contributed by atoms with E-state index < -0.39 is 60.9 Å². The molecule has 148 valence electrons. The molecule has 1 aromatic carbocycles. The van der Waals surface area contributed by atoms with Crippen LogP contribution in [0.3, 0.4) is 0 Å². The molecule has 0 radical (unpaired) electrons. The molecule has 0 aliphatic carbocycles. The summed E-state index contributed by atoms with van der Waals surface area (Å²) in [5, 5.41) is 0. The van der Waals surface area contributed by atoms with Crippen molar-refractivity contribution in [1.29, 1.82) is 0 Å². The lowest BCUT2D eigenvalue weighted by molar-refractivity contribution is -0.137. The van der Waals surface area contributed by atoms with E-state index in [0.717, 1.165) is 0 Å². The molecule has 0 N–H and O–H groups in total. The normalized spacial score (nSPS) is 14.8. The van der Waals surface area contributed by atoms with Gasteiger partial charge in [-0.15, -0.1) is 0 Å². The third kappa shape index (κ3) is 6.00. The van der Waals surface area contributed by atoms with Crippen molar-refractivity contribution in [3.8, 4) is 0 Å². The maximum Gasteiger partial charge on any atom is 0.534 e. The summed E-state index contributed by atoms with van der Waals surface area (Å²) >= 11 is -0.979. The molecule has 0 aliphatic rings. The molecule has 0 amide bonds. The number of allylic oxidation sites excluding steroid dienone is 1. The Morgan fingerprint density at radius 1 is 0.923 bits per heavy atom. The third-order valence-electron chi connectivity index (χ3n) is 2.54. The Bertz CT molecular complexity index is 772. The Kier molecular flexibility index (Phi) is 6.23. The molecule has 3 nitrogen and oxygen atoms in total. The molecule has 0 aliphatic heterocycles. The predicted molar refractivity (Wildman–Crippen MR) is 73.7 cm³/mol. The summed E-state index contributed by atoms with van der Waals surface area (Å²) in [6.45, 7) is 0.608. The zero-order valence-electron chi connectivity index (χ0n) is 12.3. The molecule has 0 saturated heterocycles. The maximum absolute atomic E-state index is 12.5. The smallest absolute Gasteiger partial charge is 0.375 e. The van der Waals surface area contributed by atoms with E-state index in [4.69, 9.17) is 0 Å². The lowest BCUT2D eigenvalue weighted by atomic mass is 10.1. The molecular weight excluding hydrogens is 427 g/mol. The number of rotatable bonds is 4. The minimum atomic E-state index is -6.35. The van der Waals surface area contributed by atoms with Gasteiger partial charge in [0.25, 0.3) is 0 Å². The molecule has 0 fully saturated rings. The van der Waals surface area contributed by atoms with Gasteiger partial charge >= 0.3 is 27.3 Å². The van der Waals surface area contributed by atoms with Crippen LogP contribution in [0.5, 0.6) is 0 Å². The summed E-state index contributed by atoms with van der Waals surface area (Å²) in [5.74, 6) is -1.39. The van der Waals surface area contributed by atoms with Crippen LogP contribution in [0.25, 0.3) is 5.76 Å². The Hall–Kier alpha value is -1.57. The Morgan fingerprint density at radius 3 is 1.73 bits per heavy atom. The fourth-order valence-corrected chi connectivity index (χ4v) is 2.68. The highest BCUT2D eigenvalue weighted by atomic mass is 32.2. The number of benzene rings is 1. The quantitative estimate of drug-likeness (QED) is 0.271. The summed E-state index contributed by atoms with van der Waals surface area (Å²) in [6.07, 6.45) is -4.82. The van der Waals surface area contributed by atoms with E-state index in [1.165, 1.54) is 0 Å². The van der Waals surface area contributed by atoms with Crippen LogP contribution >= 0.6 is 11.8 Å². The van der Waals surface area contributed by atoms with Gasteiger partial charge in [-0.2, -0.15) is 47.9 Å². The fourth-order valence-electron chi connectivity index (χ4n) is 1.50. The molecular formula is C12H7F9O3S2. The molecule has 0 aromatic heterocycles. The number of hydrogen-bond donors (Lipinski definition) is 0. The first-order valence-corrected chi connectivity index (χ1v) is 8.31. The van der Waals surface area contributed by atoms with E-state index in [9.17, 15) is 47.9 Å². The summed E-state index contributed by atoms with van der Waals surface area (Å²) in [6, 6.07) is 1.68. The van der Waals surface area contributed by atoms with Crippen molar-refractivity contribution >= 4 is 27.6 Å². The van der Waals surface area contributed by atoms with Gasteiger partial charge in [0.05, 0.1) is 5.56 Å². The third-order valence-corrected chi connectivity index (χ3v) is 4.22. The van der Waals surface area contributed by atoms with Crippen LogP contribution in [-0.2, 0) is 20.5 Å². The topological polar surface area (TPSA) is 43.4 Å². The standard InChI is InChI=1S/C12H7F9O3S2/c1-6(25-11(16,17)18)9(24-26(22,23)12(19,20)21)7-2-4-8(5-3-7)10(13,14)15/h2-5H,1H3/b9-6+. The van der Waals surface area contributed by atoms with Crippen LogP contribution in [0.2, 0.25) is 0 Å². The van der Waals surface area contributed by atoms with E-state index in [1.807, 2.05) is 0 Å². The summed E-state index contributed by atoms with van der Waals surface area (Å²) in [4.78, 5) is -1.05. The van der Waals surface area contributed by atoms with Crippen LogP contribution in [-0.4, -0.2) is 19.4 Å². The molecule has 1 rings (SSSR count). The van der Waals surface area contributed by atoms with Gasteiger partial charge in [-0.25, -0.2) is 0 Å². The van der Waals surface area contributed by atoms with Crippen molar-refractivity contribution in [2.24, 2.45) is 0 Å². The van der Waals surface area contributed by atoms with Gasteiger partial charge in [-0.05, 0) is 30.8 Å². The second kappa shape index (κ2) is 7.21. The zero-order chi connectivity index (χ0) is 20.6. The lowest BCUT2D eigenvalue weighted by Crippen LogP contribution is -2.25. The van der Waals surface area contributed by atoms with E-state index in [-0.39, 0.29) is 0 Å². The highest BCUT2D eigenvalue weighted by molar-refractivity contribution is 8.04. The van der Waals surface area contributed by atoms with Crippen LogP contribution in [0.15, 0.2) is 29.2 Å². The van der Waals surface area contributed by atoms with E-state index >= 15 is 0 Å². The molecule has 0 unspecified atom stereocenters. The first kappa shape index (κ1) is 22.5. The summed E-state index contributed by atoms with van der Waals surface area (Å²) < 4.78 is 138. The predicted octanol–water partition coefficient (Wildman–Crippen LogP) is 5.51. The number of thioether (sulfide) groups is 1. The van der Waals surface area contributed by atoms with Gasteiger partial charge in [0.2, 0.25) is 0 Å². The van der Waals surface area contributed by atoms with Crippen molar-refractivity contribution in [3.05, 3.63) is 40.3 Å². The Labute approximate surface area is 144 Å². The van der Waals surface area contributed by atoms with E-state index in [0.29, 0.717) is 31.2 Å². The van der Waals surface area contributed by atoms with Crippen molar-refractivity contribution in [3.63, 3.8) is 0 Å². The molecule has 14 heteroatoms. The molecule has 1 aromatic rings. The summed E-state index contributed by atoms with van der Waals surface area (Å²) in [7, 11) is -6.35. The van der Waals surface area contributed by atoms with Gasteiger partial charge in [-0.3, -0.25) is 0 Å². The van der Waals surface area contributed by atoms with Crippen molar-refractivity contribution in [1.82, 2.24) is 0 Å². The van der Waals surface area contributed by atoms with Crippen LogP contribution in [0, 0.1) is 0 Å². The first-order valence-electron chi connectivity index (χ1n) is 6.09. The van der Waals surface area contributed by atoms with Crippen LogP contribution in [0.4, 0.5) is 39.5 Å². The lowest BCUT2D eigenvalue weighted by Gasteiger charge is -2.16. The second-order valence-corrected chi connectivity index (χ2v) is 7.31.